The Morgan fingerprint density at radius 3 is 2.44 bits per heavy atom. The number of hydrogen-bond donors (Lipinski definition) is 2. The monoisotopic (exact) mass is 379 g/mol. The summed E-state index contributed by atoms with van der Waals surface area (Å²) in [5.74, 6) is -0.784. The zero-order valence-corrected chi connectivity index (χ0v) is 15.0. The van der Waals surface area contributed by atoms with E-state index in [-0.39, 0.29) is 23.2 Å². The molecule has 0 aliphatic rings. The molecule has 0 aliphatic carbocycles. The first-order valence-corrected chi connectivity index (χ1v) is 8.16. The van der Waals surface area contributed by atoms with E-state index in [2.05, 4.69) is 10.6 Å². The van der Waals surface area contributed by atoms with Crippen LogP contribution in [-0.4, -0.2) is 42.4 Å². The van der Waals surface area contributed by atoms with Crippen molar-refractivity contribution in [3.63, 3.8) is 0 Å². The van der Waals surface area contributed by atoms with Crippen molar-refractivity contribution in [2.45, 2.75) is 33.0 Å². The van der Waals surface area contributed by atoms with Gasteiger partial charge in [0.25, 0.3) is 0 Å². The summed E-state index contributed by atoms with van der Waals surface area (Å²) in [5.41, 5.74) is -1.03. The first kappa shape index (κ1) is 21.2. The molecule has 25 heavy (non-hydrogen) atoms. The molecule has 0 saturated carbocycles. The summed E-state index contributed by atoms with van der Waals surface area (Å²) in [6.07, 6.45) is -4.54. The van der Waals surface area contributed by atoms with E-state index in [0.717, 1.165) is 18.2 Å². The number of nitrogens with zero attached hydrogens (tertiary/aromatic N) is 1. The first-order chi connectivity index (χ1) is 11.6. The minimum absolute atomic E-state index is 0.000300. The van der Waals surface area contributed by atoms with Gasteiger partial charge in [-0.1, -0.05) is 18.5 Å². The minimum atomic E-state index is -4.54. The lowest BCUT2D eigenvalue weighted by atomic mass is 10.1. The lowest BCUT2D eigenvalue weighted by Gasteiger charge is -2.26. The molecule has 0 fully saturated rings. The number of nitrogens with one attached hydrogen (secondary N) is 2. The number of carbonyl (C=O) groups excluding carboxylic acids is 2. The van der Waals surface area contributed by atoms with Gasteiger partial charge in [0.05, 0.1) is 28.9 Å². The molecule has 9 heteroatoms. The average molecular weight is 380 g/mol. The molecule has 1 aromatic rings. The zero-order valence-electron chi connectivity index (χ0n) is 14.2. The van der Waals surface area contributed by atoms with Gasteiger partial charge in [-0.25, -0.2) is 0 Å². The molecule has 140 valence electrons. The molecule has 1 atom stereocenters. The van der Waals surface area contributed by atoms with Gasteiger partial charge in [-0.05, 0) is 38.6 Å². The van der Waals surface area contributed by atoms with E-state index in [1.165, 1.54) is 0 Å². The maximum Gasteiger partial charge on any atom is 0.416 e. The van der Waals surface area contributed by atoms with Crippen molar-refractivity contribution in [3.8, 4) is 0 Å². The summed E-state index contributed by atoms with van der Waals surface area (Å²) in [6.45, 7) is 6.02. The smallest absolute Gasteiger partial charge is 0.355 e. The lowest BCUT2D eigenvalue weighted by molar-refractivity contribution is -0.137. The van der Waals surface area contributed by atoms with Crippen LogP contribution >= 0.6 is 11.6 Å². The molecule has 0 bridgehead atoms. The molecule has 0 aliphatic heterocycles. The van der Waals surface area contributed by atoms with E-state index in [1.807, 2.05) is 0 Å². The Morgan fingerprint density at radius 1 is 1.28 bits per heavy atom. The molecule has 0 spiro atoms. The SMILES string of the molecule is CCNC(=O)CN(CC)[C@H](C)C(=O)Nc1cc(C(F)(F)F)ccc1Cl. The van der Waals surface area contributed by atoms with Crippen molar-refractivity contribution >= 4 is 29.1 Å². The highest BCUT2D eigenvalue weighted by molar-refractivity contribution is 6.33. The Morgan fingerprint density at radius 2 is 1.92 bits per heavy atom. The molecule has 5 nitrogen and oxygen atoms in total. The Balaban J connectivity index is 2.88. The summed E-state index contributed by atoms with van der Waals surface area (Å²) >= 11 is 5.87. The number of carbonyl (C=O) groups is 2. The Hall–Kier alpha value is -1.80. The van der Waals surface area contributed by atoms with Crippen LogP contribution in [0, 0.1) is 0 Å². The number of halogens is 4. The predicted molar refractivity (Wildman–Crippen MR) is 90.5 cm³/mol. The van der Waals surface area contributed by atoms with Gasteiger partial charge in [-0.2, -0.15) is 13.2 Å². The molecule has 0 aromatic heterocycles. The Kier molecular flexibility index (Phi) is 7.69. The van der Waals surface area contributed by atoms with E-state index in [9.17, 15) is 22.8 Å². The van der Waals surface area contributed by atoms with E-state index in [0.29, 0.717) is 13.1 Å². The number of amides is 2. The Labute approximate surface area is 149 Å². The van der Waals surface area contributed by atoms with E-state index in [1.54, 1.807) is 25.7 Å². The van der Waals surface area contributed by atoms with Crippen LogP contribution in [0.5, 0.6) is 0 Å². The Bertz CT molecular complexity index is 623. The van der Waals surface area contributed by atoms with Gasteiger partial charge in [-0.15, -0.1) is 0 Å². The van der Waals surface area contributed by atoms with Crippen LogP contribution in [0.1, 0.15) is 26.3 Å². The lowest BCUT2D eigenvalue weighted by Crippen LogP contribution is -2.46. The molecular formula is C16H21ClF3N3O2. The van der Waals surface area contributed by atoms with Crippen molar-refractivity contribution in [3.05, 3.63) is 28.8 Å². The van der Waals surface area contributed by atoms with Crippen molar-refractivity contribution in [1.29, 1.82) is 0 Å². The number of benzene rings is 1. The summed E-state index contributed by atoms with van der Waals surface area (Å²) in [6, 6.07) is 1.98. The zero-order chi connectivity index (χ0) is 19.2. The number of alkyl halides is 3. The second kappa shape index (κ2) is 9.05. The normalized spacial score (nSPS) is 12.8. The fourth-order valence-corrected chi connectivity index (χ4v) is 2.33. The van der Waals surface area contributed by atoms with Gasteiger partial charge in [0, 0.05) is 6.54 Å². The maximum absolute atomic E-state index is 12.8. The fourth-order valence-electron chi connectivity index (χ4n) is 2.16. The van der Waals surface area contributed by atoms with E-state index in [4.69, 9.17) is 11.6 Å². The van der Waals surface area contributed by atoms with Gasteiger partial charge in [0.15, 0.2) is 0 Å². The summed E-state index contributed by atoms with van der Waals surface area (Å²) in [7, 11) is 0. The van der Waals surface area contributed by atoms with Gasteiger partial charge in [0.2, 0.25) is 11.8 Å². The number of hydrogen-bond acceptors (Lipinski definition) is 3. The average Bonchev–Trinajstić information content (AvgIpc) is 2.53. The second-order valence-electron chi connectivity index (χ2n) is 5.37. The van der Waals surface area contributed by atoms with Gasteiger partial charge in [0.1, 0.15) is 0 Å². The molecule has 0 heterocycles. The first-order valence-electron chi connectivity index (χ1n) is 7.78. The maximum atomic E-state index is 12.8. The molecule has 0 saturated heterocycles. The van der Waals surface area contributed by atoms with Gasteiger partial charge in [-0.3, -0.25) is 14.5 Å². The summed E-state index contributed by atoms with van der Waals surface area (Å²) < 4.78 is 38.4. The van der Waals surface area contributed by atoms with Crippen LogP contribution in [0.2, 0.25) is 5.02 Å². The van der Waals surface area contributed by atoms with Crippen molar-refractivity contribution < 1.29 is 22.8 Å². The molecular weight excluding hydrogens is 359 g/mol. The molecule has 1 rings (SSSR count). The third-order valence-corrected chi connectivity index (χ3v) is 3.94. The minimum Gasteiger partial charge on any atom is -0.355 e. The van der Waals surface area contributed by atoms with E-state index < -0.39 is 23.7 Å². The summed E-state index contributed by atoms with van der Waals surface area (Å²) in [4.78, 5) is 25.6. The molecule has 2 N–H and O–H groups in total. The molecule has 0 unspecified atom stereocenters. The fraction of sp³-hybridized carbons (Fsp3) is 0.500. The van der Waals surface area contributed by atoms with Crippen molar-refractivity contribution in [1.82, 2.24) is 10.2 Å². The predicted octanol–water partition coefficient (Wildman–Crippen LogP) is 3.14. The largest absolute Gasteiger partial charge is 0.416 e. The number of likely N-dealkylation sites (N-methyl/N-ethyl adjacent to an activating group) is 2. The van der Waals surface area contributed by atoms with Crippen LogP contribution in [0.25, 0.3) is 0 Å². The van der Waals surface area contributed by atoms with Crippen molar-refractivity contribution in [2.24, 2.45) is 0 Å². The van der Waals surface area contributed by atoms with Crippen LogP contribution in [-0.2, 0) is 15.8 Å². The highest BCUT2D eigenvalue weighted by atomic mass is 35.5. The highest BCUT2D eigenvalue weighted by Crippen LogP contribution is 2.33. The highest BCUT2D eigenvalue weighted by Gasteiger charge is 2.31. The standard InChI is InChI=1S/C16H21ClF3N3O2/c1-4-21-14(24)9-23(5-2)10(3)15(25)22-13-8-11(16(18,19)20)6-7-12(13)17/h6-8,10H,4-5,9H2,1-3H3,(H,21,24)(H,22,25)/t10-/m1/s1. The second-order valence-corrected chi connectivity index (χ2v) is 5.78. The topological polar surface area (TPSA) is 61.4 Å². The van der Waals surface area contributed by atoms with E-state index >= 15 is 0 Å². The quantitative estimate of drug-likeness (QED) is 0.765. The third kappa shape index (κ3) is 6.21. The third-order valence-electron chi connectivity index (χ3n) is 3.61. The van der Waals surface area contributed by atoms with Crippen molar-refractivity contribution in [2.75, 3.05) is 25.0 Å². The summed E-state index contributed by atoms with van der Waals surface area (Å²) in [5, 5.41) is 5.03. The van der Waals surface area contributed by atoms with Crippen LogP contribution < -0.4 is 10.6 Å². The number of anilines is 1. The van der Waals surface area contributed by atoms with Gasteiger partial charge < -0.3 is 10.6 Å². The molecule has 1 aromatic carbocycles. The molecule has 0 radical (unpaired) electrons. The van der Waals surface area contributed by atoms with Gasteiger partial charge >= 0.3 is 6.18 Å². The van der Waals surface area contributed by atoms with Crippen LogP contribution in [0.3, 0.4) is 0 Å². The van der Waals surface area contributed by atoms with Crippen LogP contribution in [0.4, 0.5) is 18.9 Å². The van der Waals surface area contributed by atoms with Crippen LogP contribution in [0.15, 0.2) is 18.2 Å². The number of rotatable bonds is 7. The molecule has 2 amide bonds.